The van der Waals surface area contributed by atoms with Crippen molar-refractivity contribution in [3.8, 4) is 0 Å². The molecule has 2 rings (SSSR count). The highest BCUT2D eigenvalue weighted by atomic mass is 16.5. The van der Waals surface area contributed by atoms with Crippen LogP contribution < -0.4 is 5.32 Å². The van der Waals surface area contributed by atoms with Crippen LogP contribution in [0.15, 0.2) is 21.5 Å². The minimum absolute atomic E-state index is 0.139. The van der Waals surface area contributed by atoms with Crippen LogP contribution >= 0.6 is 0 Å². The normalized spacial score (nSPS) is 10.2. The summed E-state index contributed by atoms with van der Waals surface area (Å²) in [7, 11) is 0. The van der Waals surface area contributed by atoms with Crippen LogP contribution in [0.5, 0.6) is 0 Å². The Morgan fingerprint density at radius 1 is 1.56 bits per heavy atom. The third-order valence-electron chi connectivity index (χ3n) is 1.75. The minimum atomic E-state index is -1.13. The van der Waals surface area contributed by atoms with Crippen molar-refractivity contribution in [1.29, 1.82) is 0 Å². The summed E-state index contributed by atoms with van der Waals surface area (Å²) < 4.78 is 9.64. The summed E-state index contributed by atoms with van der Waals surface area (Å²) in [5, 5.41) is 14.8. The number of nitrogens with one attached hydrogen (secondary N) is 1. The summed E-state index contributed by atoms with van der Waals surface area (Å²) in [6.45, 7) is 0.460. The summed E-state index contributed by atoms with van der Waals surface area (Å²) in [5.41, 5.74) is -0.139. The molecule has 0 atom stereocenters. The molecule has 0 aromatic carbocycles. The van der Waals surface area contributed by atoms with Gasteiger partial charge in [0, 0.05) is 13.0 Å². The Labute approximate surface area is 89.3 Å². The number of aromatic nitrogens is 3. The van der Waals surface area contributed by atoms with Crippen LogP contribution in [-0.2, 0) is 6.42 Å². The molecule has 0 saturated heterocycles. The largest absolute Gasteiger partial charge is 0.476 e. The number of hydrogen-bond donors (Lipinski definition) is 2. The Kier molecular flexibility index (Phi) is 2.81. The molecule has 2 N–H and O–H groups in total. The molecule has 0 aliphatic rings. The maximum absolute atomic E-state index is 10.5. The van der Waals surface area contributed by atoms with Gasteiger partial charge in [-0.1, -0.05) is 5.16 Å². The molecule has 0 radical (unpaired) electrons. The molecule has 16 heavy (non-hydrogen) atoms. The molecule has 8 nitrogen and oxygen atoms in total. The van der Waals surface area contributed by atoms with E-state index in [1.54, 1.807) is 0 Å². The first kappa shape index (κ1) is 10.1. The molecule has 0 aliphatic heterocycles. The number of rotatable bonds is 5. The van der Waals surface area contributed by atoms with Crippen LogP contribution in [0.2, 0.25) is 0 Å². The molecule has 84 valence electrons. The van der Waals surface area contributed by atoms with Gasteiger partial charge in [-0.15, -0.1) is 0 Å². The second kappa shape index (κ2) is 4.43. The summed E-state index contributed by atoms with van der Waals surface area (Å²) in [6, 6.07) is 0.150. The summed E-state index contributed by atoms with van der Waals surface area (Å²) >= 11 is 0. The average molecular weight is 224 g/mol. The fourth-order valence-electron chi connectivity index (χ4n) is 1.04. The molecular formula is C8H8N4O4. The van der Waals surface area contributed by atoms with Gasteiger partial charge in [-0.05, 0) is 0 Å². The van der Waals surface area contributed by atoms with Crippen molar-refractivity contribution in [2.45, 2.75) is 6.42 Å². The number of nitrogens with zero attached hydrogens (tertiary/aromatic N) is 3. The first-order chi connectivity index (χ1) is 7.75. The summed E-state index contributed by atoms with van der Waals surface area (Å²) in [4.78, 5) is 18.0. The topological polar surface area (TPSA) is 114 Å². The van der Waals surface area contributed by atoms with Crippen molar-refractivity contribution < 1.29 is 18.8 Å². The Bertz CT molecular complexity index is 464. The van der Waals surface area contributed by atoms with Crippen molar-refractivity contribution >= 4 is 12.0 Å². The van der Waals surface area contributed by atoms with Crippen molar-refractivity contribution in [3.63, 3.8) is 0 Å². The molecule has 0 saturated carbocycles. The van der Waals surface area contributed by atoms with Crippen LogP contribution in [0, 0.1) is 0 Å². The fourth-order valence-corrected chi connectivity index (χ4v) is 1.04. The van der Waals surface area contributed by atoms with Crippen LogP contribution in [0.25, 0.3) is 0 Å². The lowest BCUT2D eigenvalue weighted by atomic mass is 10.4. The number of aromatic carboxylic acids is 1. The van der Waals surface area contributed by atoms with E-state index in [1.807, 2.05) is 0 Å². The van der Waals surface area contributed by atoms with Gasteiger partial charge in [0.15, 0.2) is 12.0 Å². The highest BCUT2D eigenvalue weighted by molar-refractivity contribution is 5.85. The first-order valence-electron chi connectivity index (χ1n) is 4.44. The third kappa shape index (κ3) is 2.35. The maximum Gasteiger partial charge on any atom is 0.357 e. The molecule has 0 unspecified atom stereocenters. The quantitative estimate of drug-likeness (QED) is 0.750. The van der Waals surface area contributed by atoms with Gasteiger partial charge in [0.05, 0.1) is 0 Å². The van der Waals surface area contributed by atoms with Crippen molar-refractivity contribution in [2.75, 3.05) is 11.9 Å². The molecule has 2 aromatic rings. The van der Waals surface area contributed by atoms with Crippen molar-refractivity contribution in [1.82, 2.24) is 15.1 Å². The van der Waals surface area contributed by atoms with Crippen molar-refractivity contribution in [2.24, 2.45) is 0 Å². The van der Waals surface area contributed by atoms with Gasteiger partial charge in [-0.2, -0.15) is 9.97 Å². The fraction of sp³-hybridized carbons (Fsp3) is 0.250. The van der Waals surface area contributed by atoms with Gasteiger partial charge in [0.2, 0.25) is 5.89 Å². The molecule has 2 heterocycles. The zero-order chi connectivity index (χ0) is 11.4. The molecule has 0 amide bonds. The molecule has 0 bridgehead atoms. The highest BCUT2D eigenvalue weighted by Crippen LogP contribution is 2.07. The summed E-state index contributed by atoms with van der Waals surface area (Å²) in [5.74, 6) is -0.647. The zero-order valence-electron chi connectivity index (χ0n) is 8.08. The molecular weight excluding hydrogens is 216 g/mol. The predicted octanol–water partition coefficient (Wildman–Crippen LogP) is 0.410. The van der Waals surface area contributed by atoms with Crippen LogP contribution in [0.4, 0.5) is 6.01 Å². The number of carbonyl (C=O) groups is 1. The van der Waals surface area contributed by atoms with Gasteiger partial charge >= 0.3 is 5.97 Å². The van der Waals surface area contributed by atoms with Crippen LogP contribution in [0.1, 0.15) is 16.4 Å². The minimum Gasteiger partial charge on any atom is -0.476 e. The molecule has 8 heteroatoms. The van der Waals surface area contributed by atoms with Gasteiger partial charge < -0.3 is 19.4 Å². The molecule has 0 spiro atoms. The number of anilines is 1. The van der Waals surface area contributed by atoms with E-state index < -0.39 is 5.97 Å². The lowest BCUT2D eigenvalue weighted by Gasteiger charge is -1.96. The van der Waals surface area contributed by atoms with E-state index >= 15 is 0 Å². The smallest absolute Gasteiger partial charge is 0.357 e. The lowest BCUT2D eigenvalue weighted by Crippen LogP contribution is -2.06. The standard InChI is InChI=1S/C8H8N4O4/c13-7(14)5-3-15-8(12-5)9-2-1-6-10-4-11-16-6/h3-4H,1-2H2,(H,9,12)(H,13,14). The van der Waals surface area contributed by atoms with Gasteiger partial charge in [0.1, 0.15) is 6.26 Å². The summed E-state index contributed by atoms with van der Waals surface area (Å²) in [6.07, 6.45) is 2.88. The number of oxazole rings is 1. The second-order valence-electron chi connectivity index (χ2n) is 2.85. The number of hydrogen-bond acceptors (Lipinski definition) is 7. The third-order valence-corrected chi connectivity index (χ3v) is 1.75. The zero-order valence-corrected chi connectivity index (χ0v) is 8.08. The van der Waals surface area contributed by atoms with Gasteiger partial charge in [-0.25, -0.2) is 4.79 Å². The van der Waals surface area contributed by atoms with E-state index in [9.17, 15) is 4.79 Å². The second-order valence-corrected chi connectivity index (χ2v) is 2.85. The van der Waals surface area contributed by atoms with E-state index in [0.717, 1.165) is 6.26 Å². The van der Waals surface area contributed by atoms with E-state index in [2.05, 4.69) is 20.4 Å². The first-order valence-corrected chi connectivity index (χ1v) is 4.44. The molecule has 0 fully saturated rings. The SMILES string of the molecule is O=C(O)c1coc(NCCc2ncno2)n1. The maximum atomic E-state index is 10.5. The molecule has 2 aromatic heterocycles. The van der Waals surface area contributed by atoms with Gasteiger partial charge in [0.25, 0.3) is 6.01 Å². The Morgan fingerprint density at radius 2 is 2.44 bits per heavy atom. The Hall–Kier alpha value is -2.38. The predicted molar refractivity (Wildman–Crippen MR) is 50.0 cm³/mol. The molecule has 0 aliphatic carbocycles. The van der Waals surface area contributed by atoms with E-state index in [-0.39, 0.29) is 11.7 Å². The van der Waals surface area contributed by atoms with E-state index in [0.29, 0.717) is 18.9 Å². The Morgan fingerprint density at radius 3 is 3.06 bits per heavy atom. The van der Waals surface area contributed by atoms with Crippen LogP contribution in [-0.4, -0.2) is 32.7 Å². The van der Waals surface area contributed by atoms with Crippen molar-refractivity contribution in [3.05, 3.63) is 24.2 Å². The van der Waals surface area contributed by atoms with Gasteiger partial charge in [-0.3, -0.25) is 0 Å². The Balaban J connectivity index is 1.83. The van der Waals surface area contributed by atoms with Crippen LogP contribution in [0.3, 0.4) is 0 Å². The van der Waals surface area contributed by atoms with E-state index in [1.165, 1.54) is 6.33 Å². The number of carboxylic acids is 1. The number of carboxylic acid groups (broad SMARTS) is 1. The van der Waals surface area contributed by atoms with E-state index in [4.69, 9.17) is 14.0 Å². The average Bonchev–Trinajstić information content (AvgIpc) is 2.87. The highest BCUT2D eigenvalue weighted by Gasteiger charge is 2.09. The monoisotopic (exact) mass is 224 g/mol. The lowest BCUT2D eigenvalue weighted by molar-refractivity contribution is 0.0690.